The molecule has 0 radical (unpaired) electrons. The minimum Gasteiger partial charge on any atom is -0.0654 e. The molecular formula is C30H42S2. The van der Waals surface area contributed by atoms with Gasteiger partial charge in [-0.05, 0) is 110 Å². The molecule has 4 rings (SSSR count). The summed E-state index contributed by atoms with van der Waals surface area (Å²) >= 11 is 0. The highest BCUT2D eigenvalue weighted by Gasteiger charge is 2.22. The second-order valence-electron chi connectivity index (χ2n) is 10.3. The Labute approximate surface area is 205 Å². The summed E-state index contributed by atoms with van der Waals surface area (Å²) in [6.07, 6.45) is 16.8. The summed E-state index contributed by atoms with van der Waals surface area (Å²) in [4.78, 5) is 2.74. The van der Waals surface area contributed by atoms with Crippen LogP contribution >= 0.6 is 21.6 Å². The Bertz CT molecular complexity index is 709. The zero-order chi connectivity index (χ0) is 22.2. The van der Waals surface area contributed by atoms with Crippen molar-refractivity contribution < 1.29 is 0 Å². The fourth-order valence-corrected chi connectivity index (χ4v) is 8.00. The Balaban J connectivity index is 1.23. The van der Waals surface area contributed by atoms with E-state index in [2.05, 4.69) is 62.4 Å². The number of hydrogen-bond acceptors (Lipinski definition) is 2. The van der Waals surface area contributed by atoms with Crippen molar-refractivity contribution >= 4 is 21.6 Å². The fourth-order valence-electron chi connectivity index (χ4n) is 6.07. The van der Waals surface area contributed by atoms with Gasteiger partial charge >= 0.3 is 0 Å². The Morgan fingerprint density at radius 3 is 1.19 bits per heavy atom. The Morgan fingerprint density at radius 2 is 0.875 bits per heavy atom. The summed E-state index contributed by atoms with van der Waals surface area (Å²) < 4.78 is 0. The zero-order valence-electron chi connectivity index (χ0n) is 20.2. The predicted octanol–water partition coefficient (Wildman–Crippen LogP) is 10.6. The van der Waals surface area contributed by atoms with E-state index in [0.29, 0.717) is 0 Å². The molecule has 174 valence electrons. The molecule has 2 aliphatic carbocycles. The summed E-state index contributed by atoms with van der Waals surface area (Å²) in [5.41, 5.74) is 3.12. The molecule has 32 heavy (non-hydrogen) atoms. The first kappa shape index (κ1) is 24.3. The van der Waals surface area contributed by atoms with E-state index < -0.39 is 0 Å². The van der Waals surface area contributed by atoms with E-state index in [9.17, 15) is 0 Å². The van der Waals surface area contributed by atoms with Gasteiger partial charge in [0.25, 0.3) is 0 Å². The third-order valence-electron chi connectivity index (χ3n) is 8.02. The van der Waals surface area contributed by atoms with Crippen LogP contribution in [0.2, 0.25) is 0 Å². The Hall–Kier alpha value is -0.860. The molecule has 2 aromatic rings. The van der Waals surface area contributed by atoms with Gasteiger partial charge in [0.05, 0.1) is 0 Å². The summed E-state index contributed by atoms with van der Waals surface area (Å²) in [6, 6.07) is 18.9. The molecule has 0 nitrogen and oxygen atoms in total. The first-order chi connectivity index (χ1) is 15.7. The van der Waals surface area contributed by atoms with Crippen LogP contribution in [0.1, 0.15) is 114 Å². The van der Waals surface area contributed by atoms with Gasteiger partial charge in [-0.3, -0.25) is 0 Å². The molecule has 0 N–H and O–H groups in total. The second-order valence-corrected chi connectivity index (χ2v) is 12.6. The van der Waals surface area contributed by atoms with Crippen LogP contribution in [-0.2, 0) is 0 Å². The average Bonchev–Trinajstić information content (AvgIpc) is 2.85. The summed E-state index contributed by atoms with van der Waals surface area (Å²) in [5.74, 6) is 3.56. The first-order valence-corrected chi connectivity index (χ1v) is 15.4. The van der Waals surface area contributed by atoms with Crippen molar-refractivity contribution in [3.05, 3.63) is 59.7 Å². The Morgan fingerprint density at radius 1 is 0.531 bits per heavy atom. The molecular weight excluding hydrogens is 424 g/mol. The monoisotopic (exact) mass is 466 g/mol. The molecule has 2 heteroatoms. The van der Waals surface area contributed by atoms with Gasteiger partial charge in [-0.25, -0.2) is 0 Å². The third kappa shape index (κ3) is 6.83. The lowest BCUT2D eigenvalue weighted by Crippen LogP contribution is -2.13. The minimum atomic E-state index is 0.791. The SMILES string of the molecule is CCCC1CCC(c2ccc(SSc3ccc(C4CCC(CCC)CC4)cc3)cc2)CC1. The molecule has 0 aromatic heterocycles. The minimum absolute atomic E-state index is 0.791. The van der Waals surface area contributed by atoms with Crippen molar-refractivity contribution in [1.82, 2.24) is 0 Å². The van der Waals surface area contributed by atoms with Crippen LogP contribution in [0.3, 0.4) is 0 Å². The molecule has 0 heterocycles. The molecule has 0 amide bonds. The van der Waals surface area contributed by atoms with E-state index in [1.54, 1.807) is 11.1 Å². The van der Waals surface area contributed by atoms with E-state index in [1.807, 2.05) is 21.6 Å². The largest absolute Gasteiger partial charge is 0.0654 e. The van der Waals surface area contributed by atoms with Gasteiger partial charge in [-0.2, -0.15) is 0 Å². The summed E-state index contributed by atoms with van der Waals surface area (Å²) in [7, 11) is 3.80. The van der Waals surface area contributed by atoms with Gasteiger partial charge < -0.3 is 0 Å². The van der Waals surface area contributed by atoms with E-state index in [0.717, 1.165) is 23.7 Å². The number of benzene rings is 2. The van der Waals surface area contributed by atoms with Crippen molar-refractivity contribution in [1.29, 1.82) is 0 Å². The predicted molar refractivity (Wildman–Crippen MR) is 144 cm³/mol. The molecule has 0 spiro atoms. The van der Waals surface area contributed by atoms with Crippen molar-refractivity contribution in [2.75, 3.05) is 0 Å². The van der Waals surface area contributed by atoms with Gasteiger partial charge in [0.1, 0.15) is 0 Å². The van der Waals surface area contributed by atoms with Crippen molar-refractivity contribution in [3.8, 4) is 0 Å². The second kappa shape index (κ2) is 12.6. The van der Waals surface area contributed by atoms with Gasteiger partial charge in [0, 0.05) is 9.79 Å². The standard InChI is InChI=1S/C30H42S2/c1-3-5-23-7-11-25(12-8-23)27-15-19-29(20-16-27)31-32-30-21-17-28(18-22-30)26-13-9-24(6-4-2)10-14-26/h15-26H,3-14H2,1-2H3. The van der Waals surface area contributed by atoms with Gasteiger partial charge in [-0.1, -0.05) is 85.4 Å². The maximum absolute atomic E-state index is 2.39. The molecule has 0 bridgehead atoms. The van der Waals surface area contributed by atoms with Crippen LogP contribution in [0.25, 0.3) is 0 Å². The molecule has 2 aliphatic rings. The molecule has 0 atom stereocenters. The van der Waals surface area contributed by atoms with Crippen LogP contribution in [0.15, 0.2) is 58.3 Å². The zero-order valence-corrected chi connectivity index (χ0v) is 21.9. The third-order valence-corrected chi connectivity index (χ3v) is 10.4. The lowest BCUT2D eigenvalue weighted by atomic mass is 9.77. The van der Waals surface area contributed by atoms with Crippen LogP contribution in [0, 0.1) is 11.8 Å². The molecule has 0 aliphatic heterocycles. The van der Waals surface area contributed by atoms with Gasteiger partial charge in [-0.15, -0.1) is 0 Å². The van der Waals surface area contributed by atoms with Crippen LogP contribution in [0.4, 0.5) is 0 Å². The lowest BCUT2D eigenvalue weighted by Gasteiger charge is -2.28. The maximum atomic E-state index is 2.39. The first-order valence-electron chi connectivity index (χ1n) is 13.3. The normalized spacial score (nSPS) is 26.2. The van der Waals surface area contributed by atoms with Gasteiger partial charge in [0.15, 0.2) is 0 Å². The van der Waals surface area contributed by atoms with E-state index >= 15 is 0 Å². The Kier molecular flexibility index (Phi) is 9.53. The quantitative estimate of drug-likeness (QED) is 0.337. The number of rotatable bonds is 9. The highest BCUT2D eigenvalue weighted by Crippen LogP contribution is 2.42. The molecule has 2 aromatic carbocycles. The highest BCUT2D eigenvalue weighted by molar-refractivity contribution is 8.76. The molecule has 2 saturated carbocycles. The topological polar surface area (TPSA) is 0 Å². The van der Waals surface area contributed by atoms with E-state index in [-0.39, 0.29) is 0 Å². The van der Waals surface area contributed by atoms with Gasteiger partial charge in [0.2, 0.25) is 0 Å². The summed E-state index contributed by atoms with van der Waals surface area (Å²) in [6.45, 7) is 4.65. The highest BCUT2D eigenvalue weighted by atomic mass is 33.1. The molecule has 0 saturated heterocycles. The molecule has 2 fully saturated rings. The smallest absolute Gasteiger partial charge is 0.0186 e. The molecule has 0 unspecified atom stereocenters. The van der Waals surface area contributed by atoms with Crippen LogP contribution in [0.5, 0.6) is 0 Å². The van der Waals surface area contributed by atoms with Crippen LogP contribution < -0.4 is 0 Å². The maximum Gasteiger partial charge on any atom is 0.0186 e. The number of hydrogen-bond donors (Lipinski definition) is 0. The van der Waals surface area contributed by atoms with E-state index in [1.165, 1.54) is 86.8 Å². The van der Waals surface area contributed by atoms with Crippen molar-refractivity contribution in [2.24, 2.45) is 11.8 Å². The van der Waals surface area contributed by atoms with E-state index in [4.69, 9.17) is 0 Å². The van der Waals surface area contributed by atoms with Crippen LogP contribution in [-0.4, -0.2) is 0 Å². The lowest BCUT2D eigenvalue weighted by molar-refractivity contribution is 0.308. The van der Waals surface area contributed by atoms with Crippen molar-refractivity contribution in [3.63, 3.8) is 0 Å². The fraction of sp³-hybridized carbons (Fsp3) is 0.600. The summed E-state index contributed by atoms with van der Waals surface area (Å²) in [5, 5.41) is 0. The average molecular weight is 467 g/mol. The van der Waals surface area contributed by atoms with Crippen molar-refractivity contribution in [2.45, 2.75) is 113 Å².